The number of hydrogen-bond acceptors (Lipinski definition) is 1. The van der Waals surface area contributed by atoms with Crippen molar-refractivity contribution in [1.82, 2.24) is 4.90 Å². The zero-order chi connectivity index (χ0) is 9.47. The van der Waals surface area contributed by atoms with E-state index in [1.54, 1.807) is 0 Å². The van der Waals surface area contributed by atoms with E-state index in [0.717, 1.165) is 12.5 Å². The lowest BCUT2D eigenvalue weighted by Gasteiger charge is -2.41. The van der Waals surface area contributed by atoms with Gasteiger partial charge in [-0.25, -0.2) is 0 Å². The van der Waals surface area contributed by atoms with Crippen LogP contribution in [0, 0.1) is 5.92 Å². The second-order valence-electron chi connectivity index (χ2n) is 5.19. The van der Waals surface area contributed by atoms with E-state index in [0.29, 0.717) is 5.54 Å². The summed E-state index contributed by atoms with van der Waals surface area (Å²) in [6.45, 7) is 7.65. The van der Waals surface area contributed by atoms with Gasteiger partial charge < -0.3 is 0 Å². The highest BCUT2D eigenvalue weighted by atomic mass is 15.2. The van der Waals surface area contributed by atoms with Crippen molar-refractivity contribution in [2.75, 3.05) is 13.6 Å². The normalized spacial score (nSPS) is 41.7. The van der Waals surface area contributed by atoms with E-state index in [2.05, 4.69) is 25.5 Å². The number of likely N-dealkylation sites (tertiary alicyclic amines) is 1. The van der Waals surface area contributed by atoms with Gasteiger partial charge in [-0.3, -0.25) is 4.90 Å². The fourth-order valence-electron chi connectivity index (χ4n) is 3.02. The smallest absolute Gasteiger partial charge is 0.0247 e. The maximum atomic E-state index is 4.13. The minimum atomic E-state index is 0.517. The van der Waals surface area contributed by atoms with Crippen LogP contribution in [-0.4, -0.2) is 24.0 Å². The van der Waals surface area contributed by atoms with Crippen molar-refractivity contribution in [3.05, 3.63) is 12.2 Å². The Morgan fingerprint density at radius 2 is 2.00 bits per heavy atom. The summed E-state index contributed by atoms with van der Waals surface area (Å²) in [7, 11) is 2.27. The van der Waals surface area contributed by atoms with Crippen molar-refractivity contribution in [2.24, 2.45) is 5.92 Å². The van der Waals surface area contributed by atoms with Gasteiger partial charge in [0.1, 0.15) is 0 Å². The molecule has 0 aromatic heterocycles. The summed E-state index contributed by atoms with van der Waals surface area (Å²) >= 11 is 0. The van der Waals surface area contributed by atoms with E-state index in [4.69, 9.17) is 0 Å². The Morgan fingerprint density at radius 1 is 1.38 bits per heavy atom. The van der Waals surface area contributed by atoms with Gasteiger partial charge in [0.15, 0.2) is 0 Å². The molecule has 1 aliphatic carbocycles. The number of nitrogens with zero attached hydrogens (tertiary/aromatic N) is 1. The van der Waals surface area contributed by atoms with Crippen LogP contribution in [0.2, 0.25) is 0 Å². The highest BCUT2D eigenvalue weighted by Gasteiger charge is 2.41. The maximum Gasteiger partial charge on any atom is 0.0247 e. The highest BCUT2D eigenvalue weighted by Crippen LogP contribution is 2.43. The van der Waals surface area contributed by atoms with Crippen molar-refractivity contribution in [2.45, 2.75) is 44.6 Å². The number of likely N-dealkylation sites (N-methyl/N-ethyl adjacent to an activating group) is 1. The van der Waals surface area contributed by atoms with Gasteiger partial charge >= 0.3 is 0 Å². The second-order valence-corrected chi connectivity index (χ2v) is 5.19. The summed E-state index contributed by atoms with van der Waals surface area (Å²) < 4.78 is 0. The predicted octanol–water partition coefficient (Wildman–Crippen LogP) is 2.83. The molecule has 2 aliphatic rings. The lowest BCUT2D eigenvalue weighted by atomic mass is 9.75. The molecule has 1 heterocycles. The molecule has 0 bridgehead atoms. The molecule has 13 heavy (non-hydrogen) atoms. The van der Waals surface area contributed by atoms with Crippen molar-refractivity contribution in [1.29, 1.82) is 0 Å². The zero-order valence-corrected chi connectivity index (χ0v) is 8.97. The van der Waals surface area contributed by atoms with Gasteiger partial charge in [-0.05, 0) is 45.1 Å². The standard InChI is InChI=1S/C12H21N/c1-10-4-6-12(7-5-10)8-11(2)9-13(12)3/h10H,2,4-9H2,1,3H3. The Kier molecular flexibility index (Phi) is 2.23. The Labute approximate surface area is 81.8 Å². The Hall–Kier alpha value is -0.300. The van der Waals surface area contributed by atoms with Crippen LogP contribution in [0.15, 0.2) is 12.2 Å². The van der Waals surface area contributed by atoms with Crippen molar-refractivity contribution >= 4 is 0 Å². The van der Waals surface area contributed by atoms with Gasteiger partial charge in [0.05, 0.1) is 0 Å². The minimum Gasteiger partial charge on any atom is -0.296 e. The maximum absolute atomic E-state index is 4.13. The summed E-state index contributed by atoms with van der Waals surface area (Å²) in [6.07, 6.45) is 6.87. The first kappa shape index (κ1) is 9.26. The molecule has 74 valence electrons. The third-order valence-corrected chi connectivity index (χ3v) is 4.05. The molecule has 1 saturated carbocycles. The summed E-state index contributed by atoms with van der Waals surface area (Å²) in [5, 5.41) is 0. The summed E-state index contributed by atoms with van der Waals surface area (Å²) in [4.78, 5) is 2.54. The van der Waals surface area contributed by atoms with E-state index in [1.807, 2.05) is 0 Å². The Morgan fingerprint density at radius 3 is 2.46 bits per heavy atom. The molecule has 0 amide bonds. The van der Waals surface area contributed by atoms with E-state index in [-0.39, 0.29) is 0 Å². The van der Waals surface area contributed by atoms with Crippen LogP contribution in [-0.2, 0) is 0 Å². The van der Waals surface area contributed by atoms with Gasteiger partial charge in [-0.1, -0.05) is 19.1 Å². The molecule has 1 saturated heterocycles. The molecule has 2 rings (SSSR count). The Bertz CT molecular complexity index is 211. The summed E-state index contributed by atoms with van der Waals surface area (Å²) in [5.41, 5.74) is 1.96. The van der Waals surface area contributed by atoms with Gasteiger partial charge in [0, 0.05) is 12.1 Å². The van der Waals surface area contributed by atoms with Crippen LogP contribution in [0.5, 0.6) is 0 Å². The largest absolute Gasteiger partial charge is 0.296 e. The molecule has 0 aromatic rings. The Balaban J connectivity index is 2.08. The molecule has 0 aromatic carbocycles. The van der Waals surface area contributed by atoms with E-state index in [9.17, 15) is 0 Å². The minimum absolute atomic E-state index is 0.517. The SMILES string of the molecule is C=C1CN(C)C2(CCC(C)CC2)C1. The van der Waals surface area contributed by atoms with Gasteiger partial charge in [0.25, 0.3) is 0 Å². The van der Waals surface area contributed by atoms with E-state index in [1.165, 1.54) is 37.7 Å². The summed E-state index contributed by atoms with van der Waals surface area (Å²) in [5.74, 6) is 0.952. The first-order chi connectivity index (χ1) is 6.12. The van der Waals surface area contributed by atoms with Crippen LogP contribution in [0.1, 0.15) is 39.0 Å². The van der Waals surface area contributed by atoms with E-state index >= 15 is 0 Å². The average molecular weight is 179 g/mol. The fourth-order valence-corrected chi connectivity index (χ4v) is 3.02. The predicted molar refractivity (Wildman–Crippen MR) is 56.8 cm³/mol. The molecular formula is C12H21N. The number of hydrogen-bond donors (Lipinski definition) is 0. The highest BCUT2D eigenvalue weighted by molar-refractivity contribution is 5.15. The van der Waals surface area contributed by atoms with Crippen LogP contribution < -0.4 is 0 Å². The number of rotatable bonds is 0. The molecular weight excluding hydrogens is 158 g/mol. The van der Waals surface area contributed by atoms with Gasteiger partial charge in [-0.2, -0.15) is 0 Å². The van der Waals surface area contributed by atoms with Gasteiger partial charge in [-0.15, -0.1) is 0 Å². The van der Waals surface area contributed by atoms with Crippen molar-refractivity contribution in [3.63, 3.8) is 0 Å². The van der Waals surface area contributed by atoms with Crippen LogP contribution in [0.25, 0.3) is 0 Å². The van der Waals surface area contributed by atoms with Crippen molar-refractivity contribution in [3.8, 4) is 0 Å². The molecule has 0 unspecified atom stereocenters. The van der Waals surface area contributed by atoms with Crippen LogP contribution in [0.4, 0.5) is 0 Å². The molecule has 1 aliphatic heterocycles. The van der Waals surface area contributed by atoms with Crippen molar-refractivity contribution < 1.29 is 0 Å². The quantitative estimate of drug-likeness (QED) is 0.517. The lowest BCUT2D eigenvalue weighted by Crippen LogP contribution is -2.43. The summed E-state index contributed by atoms with van der Waals surface area (Å²) in [6, 6.07) is 0. The van der Waals surface area contributed by atoms with Crippen LogP contribution >= 0.6 is 0 Å². The first-order valence-electron chi connectivity index (χ1n) is 5.50. The molecule has 1 nitrogen and oxygen atoms in total. The average Bonchev–Trinajstić information content (AvgIpc) is 2.34. The monoisotopic (exact) mass is 179 g/mol. The third-order valence-electron chi connectivity index (χ3n) is 4.05. The zero-order valence-electron chi connectivity index (χ0n) is 8.97. The van der Waals surface area contributed by atoms with Gasteiger partial charge in [0.2, 0.25) is 0 Å². The second kappa shape index (κ2) is 3.13. The van der Waals surface area contributed by atoms with Crippen LogP contribution in [0.3, 0.4) is 0 Å². The molecule has 0 N–H and O–H groups in total. The third kappa shape index (κ3) is 1.54. The molecule has 0 radical (unpaired) electrons. The molecule has 1 spiro atoms. The lowest BCUT2D eigenvalue weighted by molar-refractivity contribution is 0.101. The molecule has 2 fully saturated rings. The fraction of sp³-hybridized carbons (Fsp3) is 0.833. The molecule has 0 atom stereocenters. The molecule has 1 heteroatoms. The van der Waals surface area contributed by atoms with E-state index < -0.39 is 0 Å². The topological polar surface area (TPSA) is 3.24 Å². The first-order valence-corrected chi connectivity index (χ1v) is 5.50.